The normalized spacial score (nSPS) is 33.0. The summed E-state index contributed by atoms with van der Waals surface area (Å²) in [4.78, 5) is 0. The Morgan fingerprint density at radius 1 is 1.25 bits per heavy atom. The maximum atomic E-state index is 9.84. The number of aliphatic hydroxyl groups excluding tert-OH is 1. The van der Waals surface area contributed by atoms with Crippen LogP contribution in [0.1, 0.15) is 53.4 Å². The molecule has 1 fully saturated rings. The Hall–Kier alpha value is -0.0800. The van der Waals surface area contributed by atoms with Crippen LogP contribution in [0.5, 0.6) is 0 Å². The van der Waals surface area contributed by atoms with Gasteiger partial charge in [0.25, 0.3) is 0 Å². The number of nitrogens with one attached hydrogen (secondary N) is 1. The van der Waals surface area contributed by atoms with E-state index in [4.69, 9.17) is 0 Å². The molecule has 0 aromatic heterocycles. The molecule has 2 heteroatoms. The highest BCUT2D eigenvalue weighted by molar-refractivity contribution is 4.82. The first kappa shape index (κ1) is 14.0. The quantitative estimate of drug-likeness (QED) is 0.757. The fraction of sp³-hybridized carbons (Fsp3) is 1.00. The molecule has 4 unspecified atom stereocenters. The van der Waals surface area contributed by atoms with Crippen molar-refractivity contribution in [3.63, 3.8) is 0 Å². The third-order valence-electron chi connectivity index (χ3n) is 4.07. The molecule has 0 aromatic carbocycles. The maximum absolute atomic E-state index is 9.84. The van der Waals surface area contributed by atoms with E-state index in [0.717, 1.165) is 24.8 Å². The summed E-state index contributed by atoms with van der Waals surface area (Å²) in [6.07, 6.45) is 4.71. The van der Waals surface area contributed by atoms with Crippen LogP contribution in [-0.2, 0) is 0 Å². The first-order valence-electron chi connectivity index (χ1n) is 6.92. The SMILES string of the molecule is CC(C)CC(O)CNC1CCCC(C)C1C. The Bertz CT molecular complexity index is 193. The van der Waals surface area contributed by atoms with Gasteiger partial charge in [0.05, 0.1) is 6.10 Å². The van der Waals surface area contributed by atoms with E-state index in [2.05, 4.69) is 33.0 Å². The lowest BCUT2D eigenvalue weighted by molar-refractivity contribution is 0.126. The summed E-state index contributed by atoms with van der Waals surface area (Å²) in [6.45, 7) is 9.78. The van der Waals surface area contributed by atoms with Crippen LogP contribution in [0, 0.1) is 17.8 Å². The Kier molecular flexibility index (Phi) is 5.77. The molecule has 16 heavy (non-hydrogen) atoms. The number of aliphatic hydroxyl groups is 1. The van der Waals surface area contributed by atoms with Crippen molar-refractivity contribution in [2.24, 2.45) is 17.8 Å². The molecule has 0 aliphatic heterocycles. The molecule has 1 rings (SSSR count). The van der Waals surface area contributed by atoms with E-state index in [1.807, 2.05) is 0 Å². The van der Waals surface area contributed by atoms with Gasteiger partial charge in [-0.05, 0) is 30.6 Å². The van der Waals surface area contributed by atoms with Crippen LogP contribution in [-0.4, -0.2) is 23.8 Å². The highest BCUT2D eigenvalue weighted by Crippen LogP contribution is 2.29. The second-order valence-electron chi connectivity index (χ2n) is 6.07. The van der Waals surface area contributed by atoms with E-state index in [9.17, 15) is 5.11 Å². The lowest BCUT2D eigenvalue weighted by Gasteiger charge is -2.35. The van der Waals surface area contributed by atoms with Crippen molar-refractivity contribution in [1.29, 1.82) is 0 Å². The zero-order valence-corrected chi connectivity index (χ0v) is 11.4. The third kappa shape index (κ3) is 4.42. The van der Waals surface area contributed by atoms with E-state index >= 15 is 0 Å². The maximum Gasteiger partial charge on any atom is 0.0667 e. The van der Waals surface area contributed by atoms with Gasteiger partial charge in [-0.15, -0.1) is 0 Å². The van der Waals surface area contributed by atoms with Gasteiger partial charge in [-0.2, -0.15) is 0 Å². The highest BCUT2D eigenvalue weighted by atomic mass is 16.3. The molecule has 1 saturated carbocycles. The smallest absolute Gasteiger partial charge is 0.0667 e. The summed E-state index contributed by atoms with van der Waals surface area (Å²) in [5.74, 6) is 2.16. The molecule has 1 aliphatic carbocycles. The van der Waals surface area contributed by atoms with E-state index in [-0.39, 0.29) is 6.10 Å². The van der Waals surface area contributed by atoms with E-state index in [0.29, 0.717) is 12.0 Å². The molecular formula is C14H29NO. The first-order valence-corrected chi connectivity index (χ1v) is 6.92. The molecule has 0 saturated heterocycles. The first-order chi connectivity index (χ1) is 7.50. The van der Waals surface area contributed by atoms with Gasteiger partial charge in [0, 0.05) is 12.6 Å². The van der Waals surface area contributed by atoms with Crippen molar-refractivity contribution in [1.82, 2.24) is 5.32 Å². The molecule has 2 nitrogen and oxygen atoms in total. The third-order valence-corrected chi connectivity index (χ3v) is 4.07. The Labute approximate surface area is 101 Å². The minimum absolute atomic E-state index is 0.176. The predicted octanol–water partition coefficient (Wildman–Crippen LogP) is 2.81. The molecule has 1 aliphatic rings. The van der Waals surface area contributed by atoms with Gasteiger partial charge in [0.15, 0.2) is 0 Å². The van der Waals surface area contributed by atoms with E-state index in [1.54, 1.807) is 0 Å². The fourth-order valence-corrected chi connectivity index (χ4v) is 2.78. The second kappa shape index (κ2) is 6.61. The molecule has 2 N–H and O–H groups in total. The van der Waals surface area contributed by atoms with Gasteiger partial charge < -0.3 is 10.4 Å². The van der Waals surface area contributed by atoms with Crippen molar-refractivity contribution >= 4 is 0 Å². The Balaban J connectivity index is 2.25. The zero-order chi connectivity index (χ0) is 12.1. The molecule has 96 valence electrons. The fourth-order valence-electron chi connectivity index (χ4n) is 2.78. The standard InChI is InChI=1S/C14H29NO/c1-10(2)8-13(16)9-15-14-7-5-6-11(3)12(14)4/h10-16H,5-9H2,1-4H3. The van der Waals surface area contributed by atoms with Crippen molar-refractivity contribution in [2.45, 2.75) is 65.5 Å². The largest absolute Gasteiger partial charge is 0.392 e. The van der Waals surface area contributed by atoms with Crippen LogP contribution in [0.2, 0.25) is 0 Å². The molecule has 0 amide bonds. The predicted molar refractivity (Wildman–Crippen MR) is 69.4 cm³/mol. The summed E-state index contributed by atoms with van der Waals surface area (Å²) in [5, 5.41) is 13.4. The monoisotopic (exact) mass is 227 g/mol. The van der Waals surface area contributed by atoms with Crippen LogP contribution in [0.3, 0.4) is 0 Å². The molecule has 0 bridgehead atoms. The van der Waals surface area contributed by atoms with Gasteiger partial charge in [-0.3, -0.25) is 0 Å². The summed E-state index contributed by atoms with van der Waals surface area (Å²) in [7, 11) is 0. The van der Waals surface area contributed by atoms with Crippen LogP contribution in [0.25, 0.3) is 0 Å². The number of hydrogen-bond donors (Lipinski definition) is 2. The van der Waals surface area contributed by atoms with Crippen molar-refractivity contribution in [3.8, 4) is 0 Å². The summed E-state index contributed by atoms with van der Waals surface area (Å²) in [5.41, 5.74) is 0. The molecule has 0 spiro atoms. The van der Waals surface area contributed by atoms with Gasteiger partial charge in [0.1, 0.15) is 0 Å². The topological polar surface area (TPSA) is 32.3 Å². The number of rotatable bonds is 5. The van der Waals surface area contributed by atoms with Crippen LogP contribution in [0.4, 0.5) is 0 Å². The van der Waals surface area contributed by atoms with Crippen molar-refractivity contribution in [3.05, 3.63) is 0 Å². The van der Waals surface area contributed by atoms with E-state index < -0.39 is 0 Å². The van der Waals surface area contributed by atoms with Gasteiger partial charge >= 0.3 is 0 Å². The average molecular weight is 227 g/mol. The zero-order valence-electron chi connectivity index (χ0n) is 11.4. The van der Waals surface area contributed by atoms with E-state index in [1.165, 1.54) is 19.3 Å². The van der Waals surface area contributed by atoms with Gasteiger partial charge in [0.2, 0.25) is 0 Å². The molecule has 4 atom stereocenters. The average Bonchev–Trinajstić information content (AvgIpc) is 2.19. The van der Waals surface area contributed by atoms with Crippen molar-refractivity contribution in [2.75, 3.05) is 6.54 Å². The molecule has 0 aromatic rings. The summed E-state index contributed by atoms with van der Waals surface area (Å²) in [6, 6.07) is 0.616. The number of hydrogen-bond acceptors (Lipinski definition) is 2. The molecular weight excluding hydrogens is 198 g/mol. The second-order valence-corrected chi connectivity index (χ2v) is 6.07. The van der Waals surface area contributed by atoms with Gasteiger partial charge in [-0.1, -0.05) is 40.5 Å². The minimum atomic E-state index is -0.176. The van der Waals surface area contributed by atoms with Gasteiger partial charge in [-0.25, -0.2) is 0 Å². The molecule has 0 radical (unpaired) electrons. The summed E-state index contributed by atoms with van der Waals surface area (Å²) >= 11 is 0. The minimum Gasteiger partial charge on any atom is -0.392 e. The highest BCUT2D eigenvalue weighted by Gasteiger charge is 2.26. The lowest BCUT2D eigenvalue weighted by Crippen LogP contribution is -2.43. The van der Waals surface area contributed by atoms with Crippen LogP contribution < -0.4 is 5.32 Å². The van der Waals surface area contributed by atoms with Crippen LogP contribution in [0.15, 0.2) is 0 Å². The Morgan fingerprint density at radius 3 is 2.56 bits per heavy atom. The summed E-state index contributed by atoms with van der Waals surface area (Å²) < 4.78 is 0. The van der Waals surface area contributed by atoms with Crippen molar-refractivity contribution < 1.29 is 5.11 Å². The molecule has 0 heterocycles. The Morgan fingerprint density at radius 2 is 1.94 bits per heavy atom. The lowest BCUT2D eigenvalue weighted by atomic mass is 9.78. The van der Waals surface area contributed by atoms with Crippen LogP contribution >= 0.6 is 0 Å².